The summed E-state index contributed by atoms with van der Waals surface area (Å²) in [6.07, 6.45) is 1.95. The van der Waals surface area contributed by atoms with Crippen LogP contribution in [0.4, 0.5) is 0 Å². The molecule has 0 saturated carbocycles. The number of hydrogen-bond donors (Lipinski definition) is 1. The third kappa shape index (κ3) is 2.40. The molecular weight excluding hydrogens is 308 g/mol. The van der Waals surface area contributed by atoms with E-state index in [1.54, 1.807) is 0 Å². The molecule has 4 rings (SSSR count). The first-order chi connectivity index (χ1) is 10.9. The van der Waals surface area contributed by atoms with Gasteiger partial charge < -0.3 is 9.72 Å². The first kappa shape index (κ1) is 14.6. The van der Waals surface area contributed by atoms with E-state index < -0.39 is 0 Å². The van der Waals surface area contributed by atoms with E-state index in [1.165, 1.54) is 0 Å². The smallest absolute Gasteiger partial charge is 0.142 e. The number of H-pyrrole nitrogens is 1. The molecule has 0 atom stereocenters. The molecule has 4 heteroatoms. The van der Waals surface area contributed by atoms with Crippen LogP contribution in [0.2, 0.25) is 5.02 Å². The number of nitrogens with zero attached hydrogens (tertiary/aromatic N) is 1. The summed E-state index contributed by atoms with van der Waals surface area (Å²) in [5.74, 6) is 1.74. The van der Waals surface area contributed by atoms with Crippen LogP contribution in [0.1, 0.15) is 31.4 Å². The van der Waals surface area contributed by atoms with Crippen LogP contribution in [-0.4, -0.2) is 15.6 Å². The normalized spacial score (nSPS) is 16.2. The van der Waals surface area contributed by atoms with Gasteiger partial charge in [0.15, 0.2) is 0 Å². The maximum atomic E-state index is 6.47. The molecule has 3 nitrogen and oxygen atoms in total. The fourth-order valence-corrected chi connectivity index (χ4v) is 3.42. The Balaban J connectivity index is 1.98. The zero-order chi connectivity index (χ0) is 16.2. The average molecular weight is 327 g/mol. The fourth-order valence-electron chi connectivity index (χ4n) is 3.20. The lowest BCUT2D eigenvalue weighted by Gasteiger charge is -2.34. The van der Waals surface area contributed by atoms with Gasteiger partial charge in [-0.15, -0.1) is 0 Å². The Morgan fingerprint density at radius 1 is 1.26 bits per heavy atom. The molecule has 0 amide bonds. The van der Waals surface area contributed by atoms with Crippen molar-refractivity contribution in [3.05, 3.63) is 46.5 Å². The molecular formula is C19H19ClN2O. The van der Waals surface area contributed by atoms with Crippen molar-refractivity contribution in [1.82, 2.24) is 9.97 Å². The van der Waals surface area contributed by atoms with Gasteiger partial charge in [0.1, 0.15) is 17.2 Å². The van der Waals surface area contributed by atoms with Gasteiger partial charge in [0.05, 0.1) is 16.6 Å². The fraction of sp³-hybridized carbons (Fsp3) is 0.316. The van der Waals surface area contributed by atoms with Crippen LogP contribution < -0.4 is 4.74 Å². The second kappa shape index (κ2) is 5.00. The molecule has 3 aromatic rings. The van der Waals surface area contributed by atoms with E-state index in [9.17, 15) is 0 Å². The van der Waals surface area contributed by atoms with Gasteiger partial charge in [-0.1, -0.05) is 23.7 Å². The van der Waals surface area contributed by atoms with Gasteiger partial charge in [-0.05, 0) is 62.9 Å². The summed E-state index contributed by atoms with van der Waals surface area (Å²) in [7, 11) is 0. The molecule has 118 valence electrons. The van der Waals surface area contributed by atoms with E-state index in [4.69, 9.17) is 21.3 Å². The number of aromatic amines is 1. The third-order valence-corrected chi connectivity index (χ3v) is 4.95. The van der Waals surface area contributed by atoms with E-state index in [2.05, 4.69) is 18.8 Å². The highest BCUT2D eigenvalue weighted by Crippen LogP contribution is 2.44. The molecule has 1 aliphatic rings. The number of fused-ring (bicyclic) bond motifs is 2. The summed E-state index contributed by atoms with van der Waals surface area (Å²) < 4.78 is 6.32. The van der Waals surface area contributed by atoms with Gasteiger partial charge in [0.2, 0.25) is 0 Å². The Hall–Kier alpha value is -2.00. The van der Waals surface area contributed by atoms with Crippen LogP contribution in [0.5, 0.6) is 5.75 Å². The summed E-state index contributed by atoms with van der Waals surface area (Å²) >= 11 is 6.47. The van der Waals surface area contributed by atoms with Crippen LogP contribution in [-0.2, 0) is 6.42 Å². The summed E-state index contributed by atoms with van der Waals surface area (Å²) in [6, 6.07) is 10.1. The maximum absolute atomic E-state index is 6.47. The van der Waals surface area contributed by atoms with Gasteiger partial charge >= 0.3 is 0 Å². The number of rotatable bonds is 1. The van der Waals surface area contributed by atoms with Crippen molar-refractivity contribution in [1.29, 1.82) is 0 Å². The van der Waals surface area contributed by atoms with E-state index in [1.807, 2.05) is 37.3 Å². The Morgan fingerprint density at radius 3 is 2.83 bits per heavy atom. The molecule has 1 N–H and O–H groups in total. The molecule has 0 bridgehead atoms. The molecule has 0 spiro atoms. The minimum atomic E-state index is -0.173. The Bertz CT molecular complexity index is 878. The van der Waals surface area contributed by atoms with Crippen LogP contribution >= 0.6 is 11.6 Å². The van der Waals surface area contributed by atoms with Crippen molar-refractivity contribution in [2.75, 3.05) is 0 Å². The Kier molecular flexibility index (Phi) is 3.17. The molecule has 0 saturated heterocycles. The van der Waals surface area contributed by atoms with Gasteiger partial charge in [-0.2, -0.15) is 0 Å². The number of aryl methyl sites for hydroxylation is 1. The zero-order valence-electron chi connectivity index (χ0n) is 13.5. The quantitative estimate of drug-likeness (QED) is 0.659. The molecule has 1 aromatic heterocycles. The van der Waals surface area contributed by atoms with Crippen LogP contribution in [0, 0.1) is 6.92 Å². The number of nitrogens with one attached hydrogen (secondary N) is 1. The SMILES string of the molecule is Cc1c(Cl)cc2c(c1-c1nc3ccccc3[nH]1)OC(C)(C)CC2. The van der Waals surface area contributed by atoms with Crippen molar-refractivity contribution in [2.24, 2.45) is 0 Å². The lowest BCUT2D eigenvalue weighted by atomic mass is 9.91. The van der Waals surface area contributed by atoms with Crippen molar-refractivity contribution >= 4 is 22.6 Å². The van der Waals surface area contributed by atoms with E-state index >= 15 is 0 Å². The number of halogens is 1. The molecule has 23 heavy (non-hydrogen) atoms. The maximum Gasteiger partial charge on any atom is 0.142 e. The van der Waals surface area contributed by atoms with E-state index in [0.717, 1.165) is 57.2 Å². The summed E-state index contributed by atoms with van der Waals surface area (Å²) in [5.41, 5.74) is 4.94. The number of benzene rings is 2. The van der Waals surface area contributed by atoms with Crippen LogP contribution in [0.15, 0.2) is 30.3 Å². The Morgan fingerprint density at radius 2 is 2.04 bits per heavy atom. The molecule has 0 fully saturated rings. The van der Waals surface area contributed by atoms with Crippen molar-refractivity contribution in [3.63, 3.8) is 0 Å². The number of ether oxygens (including phenoxy) is 1. The molecule has 1 aliphatic heterocycles. The van der Waals surface area contributed by atoms with E-state index in [-0.39, 0.29) is 5.60 Å². The van der Waals surface area contributed by atoms with Crippen LogP contribution in [0.3, 0.4) is 0 Å². The van der Waals surface area contributed by atoms with E-state index in [0.29, 0.717) is 0 Å². The Labute approximate surface area is 140 Å². The molecule has 2 heterocycles. The minimum Gasteiger partial charge on any atom is -0.487 e. The summed E-state index contributed by atoms with van der Waals surface area (Å²) in [6.45, 7) is 6.28. The zero-order valence-corrected chi connectivity index (χ0v) is 14.3. The van der Waals surface area contributed by atoms with Crippen molar-refractivity contribution in [2.45, 2.75) is 39.2 Å². The lowest BCUT2D eigenvalue weighted by molar-refractivity contribution is 0.0854. The number of para-hydroxylation sites is 2. The highest BCUT2D eigenvalue weighted by molar-refractivity contribution is 6.32. The number of hydrogen-bond acceptors (Lipinski definition) is 2. The average Bonchev–Trinajstić information content (AvgIpc) is 2.92. The first-order valence-corrected chi connectivity index (χ1v) is 8.28. The first-order valence-electron chi connectivity index (χ1n) is 7.91. The molecule has 2 aromatic carbocycles. The van der Waals surface area contributed by atoms with Crippen molar-refractivity contribution in [3.8, 4) is 17.1 Å². The van der Waals surface area contributed by atoms with Gasteiger partial charge in [-0.3, -0.25) is 0 Å². The monoisotopic (exact) mass is 326 g/mol. The minimum absolute atomic E-state index is 0.173. The molecule has 0 radical (unpaired) electrons. The predicted octanol–water partition coefficient (Wildman–Crippen LogP) is 5.30. The lowest BCUT2D eigenvalue weighted by Crippen LogP contribution is -2.33. The standard InChI is InChI=1S/C19H19ClN2O/c1-11-13(20)10-12-8-9-19(2,3)23-17(12)16(11)18-21-14-6-4-5-7-15(14)22-18/h4-7,10H,8-9H2,1-3H3,(H,21,22). The summed E-state index contributed by atoms with van der Waals surface area (Å²) in [5, 5.41) is 0.766. The van der Waals surface area contributed by atoms with Crippen LogP contribution in [0.25, 0.3) is 22.4 Å². The topological polar surface area (TPSA) is 37.9 Å². The second-order valence-corrected chi connectivity index (χ2v) is 7.22. The second-order valence-electron chi connectivity index (χ2n) is 6.81. The highest BCUT2D eigenvalue weighted by Gasteiger charge is 2.31. The van der Waals surface area contributed by atoms with Gasteiger partial charge in [0, 0.05) is 5.02 Å². The van der Waals surface area contributed by atoms with Crippen molar-refractivity contribution < 1.29 is 4.74 Å². The highest BCUT2D eigenvalue weighted by atomic mass is 35.5. The van der Waals surface area contributed by atoms with Gasteiger partial charge in [-0.25, -0.2) is 4.98 Å². The predicted molar refractivity (Wildman–Crippen MR) is 94.3 cm³/mol. The van der Waals surface area contributed by atoms with Gasteiger partial charge in [0.25, 0.3) is 0 Å². The third-order valence-electron chi connectivity index (χ3n) is 4.55. The number of imidazole rings is 1. The number of aromatic nitrogens is 2. The molecule has 0 aliphatic carbocycles. The summed E-state index contributed by atoms with van der Waals surface area (Å²) in [4.78, 5) is 8.15. The largest absolute Gasteiger partial charge is 0.487 e. The molecule has 0 unspecified atom stereocenters.